The summed E-state index contributed by atoms with van der Waals surface area (Å²) in [5.74, 6) is -1.60. The third-order valence-electron chi connectivity index (χ3n) is 5.94. The van der Waals surface area contributed by atoms with Gasteiger partial charge in [-0.1, -0.05) is 11.6 Å². The van der Waals surface area contributed by atoms with E-state index in [2.05, 4.69) is 10.3 Å². The van der Waals surface area contributed by atoms with E-state index in [4.69, 9.17) is 16.3 Å². The molecule has 172 valence electrons. The second kappa shape index (κ2) is 8.74. The van der Waals surface area contributed by atoms with Crippen LogP contribution in [0.5, 0.6) is 0 Å². The van der Waals surface area contributed by atoms with Crippen molar-refractivity contribution in [1.29, 1.82) is 0 Å². The van der Waals surface area contributed by atoms with Gasteiger partial charge in [0.15, 0.2) is 11.6 Å². The largest absolute Gasteiger partial charge is 0.392 e. The Morgan fingerprint density at radius 3 is 2.61 bits per heavy atom. The fraction of sp³-hybridized carbons (Fsp3) is 0.304. The van der Waals surface area contributed by atoms with Crippen molar-refractivity contribution in [2.45, 2.75) is 25.7 Å². The second-order valence-corrected chi connectivity index (χ2v) is 8.56. The summed E-state index contributed by atoms with van der Waals surface area (Å²) >= 11 is 6.40. The van der Waals surface area contributed by atoms with Gasteiger partial charge in [-0.3, -0.25) is 4.79 Å². The molecule has 1 aromatic carbocycles. The molecule has 33 heavy (non-hydrogen) atoms. The molecule has 1 fully saturated rings. The molecule has 7 nitrogen and oxygen atoms in total. The minimum absolute atomic E-state index is 0.0694. The van der Waals surface area contributed by atoms with E-state index in [0.29, 0.717) is 48.4 Å². The minimum atomic E-state index is -1.03. The fourth-order valence-electron chi connectivity index (χ4n) is 4.06. The van der Waals surface area contributed by atoms with Gasteiger partial charge in [0.25, 0.3) is 5.91 Å². The maximum absolute atomic E-state index is 13.8. The molecule has 0 radical (unpaired) electrons. The molecule has 1 saturated heterocycles. The van der Waals surface area contributed by atoms with E-state index in [1.54, 1.807) is 17.2 Å². The lowest BCUT2D eigenvalue weighted by molar-refractivity contribution is 0.0209. The summed E-state index contributed by atoms with van der Waals surface area (Å²) in [6.45, 7) is 1.80. The number of benzene rings is 1. The number of amides is 1. The number of aromatic nitrogens is 2. The molecule has 0 bridgehead atoms. The standard InChI is InChI=1S/C23H21ClF2N4O3/c24-18-7-27-22(28-16-11-33-12-16)6-17(18)14-5-21-23(32)30(2-1-29(21)9-14)8-13-3-19(25)20(26)4-15(13)10-31/h3-7,9,16,31H,1-2,8,10-12H2,(H,27,28). The summed E-state index contributed by atoms with van der Waals surface area (Å²) in [7, 11) is 0. The third-order valence-corrected chi connectivity index (χ3v) is 6.25. The van der Waals surface area contributed by atoms with Crippen LogP contribution in [0.15, 0.2) is 36.7 Å². The average Bonchev–Trinajstić information content (AvgIpc) is 3.21. The Kier molecular flexibility index (Phi) is 5.77. The quantitative estimate of drug-likeness (QED) is 0.572. The Morgan fingerprint density at radius 2 is 1.91 bits per heavy atom. The first-order valence-corrected chi connectivity index (χ1v) is 10.9. The van der Waals surface area contributed by atoms with Crippen molar-refractivity contribution in [3.63, 3.8) is 0 Å². The van der Waals surface area contributed by atoms with Gasteiger partial charge < -0.3 is 24.6 Å². The molecule has 1 amide bonds. The van der Waals surface area contributed by atoms with Crippen molar-refractivity contribution in [1.82, 2.24) is 14.5 Å². The van der Waals surface area contributed by atoms with Gasteiger partial charge in [-0.25, -0.2) is 13.8 Å². The van der Waals surface area contributed by atoms with Gasteiger partial charge in [-0.15, -0.1) is 0 Å². The van der Waals surface area contributed by atoms with Crippen molar-refractivity contribution in [3.8, 4) is 11.1 Å². The normalized spacial score (nSPS) is 16.0. The van der Waals surface area contributed by atoms with E-state index in [-0.39, 0.29) is 24.1 Å². The topological polar surface area (TPSA) is 79.6 Å². The highest BCUT2D eigenvalue weighted by atomic mass is 35.5. The average molecular weight is 475 g/mol. The van der Waals surface area contributed by atoms with Crippen LogP contribution < -0.4 is 5.32 Å². The summed E-state index contributed by atoms with van der Waals surface area (Å²) in [4.78, 5) is 19.0. The zero-order chi connectivity index (χ0) is 23.1. The van der Waals surface area contributed by atoms with Gasteiger partial charge >= 0.3 is 0 Å². The van der Waals surface area contributed by atoms with Crippen LogP contribution in [-0.2, 0) is 24.4 Å². The van der Waals surface area contributed by atoms with Crippen LogP contribution in [0.2, 0.25) is 5.02 Å². The number of hydrogen-bond acceptors (Lipinski definition) is 5. The number of nitrogens with zero attached hydrogens (tertiary/aromatic N) is 3. The van der Waals surface area contributed by atoms with E-state index < -0.39 is 18.2 Å². The molecular weight excluding hydrogens is 454 g/mol. The zero-order valence-corrected chi connectivity index (χ0v) is 18.3. The maximum atomic E-state index is 13.8. The number of carbonyl (C=O) groups excluding carboxylic acids is 1. The van der Waals surface area contributed by atoms with Gasteiger partial charge in [-0.05, 0) is 35.4 Å². The van der Waals surface area contributed by atoms with Crippen LogP contribution in [0.1, 0.15) is 21.6 Å². The van der Waals surface area contributed by atoms with E-state index >= 15 is 0 Å². The number of aliphatic hydroxyl groups excluding tert-OH is 1. The summed E-state index contributed by atoms with van der Waals surface area (Å²) in [6.07, 6.45) is 3.45. The van der Waals surface area contributed by atoms with Gasteiger partial charge in [0.05, 0.1) is 30.9 Å². The number of ether oxygens (including phenoxy) is 1. The number of fused-ring (bicyclic) bond motifs is 1. The fourth-order valence-corrected chi connectivity index (χ4v) is 4.27. The monoisotopic (exact) mass is 474 g/mol. The Balaban J connectivity index is 1.40. The number of hydrogen-bond donors (Lipinski definition) is 2. The molecule has 2 aliphatic rings. The molecule has 3 aromatic rings. The number of carbonyl (C=O) groups is 1. The molecule has 10 heteroatoms. The summed E-state index contributed by atoms with van der Waals surface area (Å²) in [6, 6.07) is 5.82. The molecule has 4 heterocycles. The van der Waals surface area contributed by atoms with E-state index in [1.807, 2.05) is 16.8 Å². The number of nitrogens with one attached hydrogen (secondary N) is 1. The summed E-state index contributed by atoms with van der Waals surface area (Å²) in [5.41, 5.74) is 2.63. The van der Waals surface area contributed by atoms with Crippen LogP contribution in [0.3, 0.4) is 0 Å². The van der Waals surface area contributed by atoms with E-state index in [0.717, 1.165) is 23.3 Å². The predicted octanol–water partition coefficient (Wildman–Crippen LogP) is 3.44. The number of halogens is 3. The Hall–Kier alpha value is -3.01. The van der Waals surface area contributed by atoms with Gasteiger partial charge in [-0.2, -0.15) is 0 Å². The molecular formula is C23H21ClF2N4O3. The number of pyridine rings is 1. The van der Waals surface area contributed by atoms with Crippen LogP contribution in [0.4, 0.5) is 14.6 Å². The lowest BCUT2D eigenvalue weighted by Crippen LogP contribution is -2.40. The maximum Gasteiger partial charge on any atom is 0.270 e. The van der Waals surface area contributed by atoms with Crippen molar-refractivity contribution >= 4 is 23.3 Å². The molecule has 0 saturated carbocycles. The minimum Gasteiger partial charge on any atom is -0.392 e. The molecule has 5 rings (SSSR count). The van der Waals surface area contributed by atoms with Gasteiger partial charge in [0, 0.05) is 43.2 Å². The molecule has 0 spiro atoms. The highest BCUT2D eigenvalue weighted by Crippen LogP contribution is 2.32. The van der Waals surface area contributed by atoms with Crippen molar-refractivity contribution in [2.75, 3.05) is 25.1 Å². The van der Waals surface area contributed by atoms with E-state index in [9.17, 15) is 18.7 Å². The SMILES string of the molecule is O=C1c2cc(-c3cc(NC4COC4)ncc3Cl)cn2CCN1Cc1cc(F)c(F)cc1CO. The molecule has 2 N–H and O–H groups in total. The number of aliphatic hydroxyl groups is 1. The molecule has 0 unspecified atom stereocenters. The molecule has 2 aromatic heterocycles. The summed E-state index contributed by atoms with van der Waals surface area (Å²) in [5, 5.41) is 13.3. The molecule has 0 aliphatic carbocycles. The Bertz CT molecular complexity index is 1230. The van der Waals surface area contributed by atoms with Crippen LogP contribution in [0, 0.1) is 11.6 Å². The van der Waals surface area contributed by atoms with Crippen molar-refractivity contribution < 1.29 is 23.4 Å². The first-order chi connectivity index (χ1) is 15.9. The molecule has 0 atom stereocenters. The molecule has 2 aliphatic heterocycles. The van der Waals surface area contributed by atoms with Crippen molar-refractivity contribution in [2.24, 2.45) is 0 Å². The van der Waals surface area contributed by atoms with E-state index in [1.165, 1.54) is 0 Å². The third kappa shape index (κ3) is 4.19. The zero-order valence-electron chi connectivity index (χ0n) is 17.5. The van der Waals surface area contributed by atoms with Gasteiger partial charge in [0.2, 0.25) is 0 Å². The van der Waals surface area contributed by atoms with Crippen molar-refractivity contribution in [3.05, 3.63) is 70.1 Å². The first-order valence-electron chi connectivity index (χ1n) is 10.5. The Labute approximate surface area is 193 Å². The predicted molar refractivity (Wildman–Crippen MR) is 118 cm³/mol. The van der Waals surface area contributed by atoms with Crippen LogP contribution in [-0.4, -0.2) is 51.3 Å². The highest BCUT2D eigenvalue weighted by Gasteiger charge is 2.27. The lowest BCUT2D eigenvalue weighted by atomic mass is 10.1. The first kappa shape index (κ1) is 21.8. The van der Waals surface area contributed by atoms with Crippen LogP contribution >= 0.6 is 11.6 Å². The summed E-state index contributed by atoms with van der Waals surface area (Å²) < 4.78 is 34.3. The second-order valence-electron chi connectivity index (χ2n) is 8.16. The highest BCUT2D eigenvalue weighted by molar-refractivity contribution is 6.33. The number of anilines is 1. The number of rotatable bonds is 6. The lowest BCUT2D eigenvalue weighted by Gasteiger charge is -2.29. The van der Waals surface area contributed by atoms with Gasteiger partial charge in [0.1, 0.15) is 11.5 Å². The smallest absolute Gasteiger partial charge is 0.270 e. The van der Waals surface area contributed by atoms with Crippen LogP contribution in [0.25, 0.3) is 11.1 Å². The Morgan fingerprint density at radius 1 is 1.15 bits per heavy atom.